The van der Waals surface area contributed by atoms with Crippen molar-refractivity contribution in [3.63, 3.8) is 0 Å². The Morgan fingerprint density at radius 1 is 1.26 bits per heavy atom. The Bertz CT molecular complexity index is 404. The predicted molar refractivity (Wildman–Crippen MR) is 83.3 cm³/mol. The Morgan fingerprint density at radius 2 is 1.95 bits per heavy atom. The average molecular weight is 284 g/mol. The van der Waals surface area contributed by atoms with Crippen molar-refractivity contribution in [2.45, 2.75) is 58.9 Å². The van der Waals surface area contributed by atoms with Crippen LogP contribution >= 0.6 is 11.6 Å². The van der Waals surface area contributed by atoms with Gasteiger partial charge in [-0.15, -0.1) is 0 Å². The molecule has 1 rings (SSSR count). The van der Waals surface area contributed by atoms with Crippen molar-refractivity contribution in [1.29, 1.82) is 0 Å². The first-order valence-corrected chi connectivity index (χ1v) is 7.58. The van der Waals surface area contributed by atoms with E-state index in [4.69, 9.17) is 22.1 Å². The van der Waals surface area contributed by atoms with Crippen molar-refractivity contribution < 1.29 is 4.74 Å². The summed E-state index contributed by atoms with van der Waals surface area (Å²) in [6, 6.07) is 4.38. The Kier molecular flexibility index (Phi) is 6.67. The van der Waals surface area contributed by atoms with E-state index in [-0.39, 0.29) is 6.04 Å². The molecule has 1 atom stereocenters. The zero-order chi connectivity index (χ0) is 14.4. The van der Waals surface area contributed by atoms with Crippen LogP contribution in [0.2, 0.25) is 5.02 Å². The Hall–Kier alpha value is -0.730. The predicted octanol–water partition coefficient (Wildman–Crippen LogP) is 4.53. The van der Waals surface area contributed by atoms with Crippen LogP contribution < -0.4 is 10.5 Å². The molecule has 0 spiro atoms. The van der Waals surface area contributed by atoms with E-state index < -0.39 is 0 Å². The molecule has 3 heteroatoms. The molecule has 0 radical (unpaired) electrons. The van der Waals surface area contributed by atoms with Crippen LogP contribution in [0.5, 0.6) is 5.75 Å². The van der Waals surface area contributed by atoms with E-state index in [1.165, 1.54) is 11.1 Å². The van der Waals surface area contributed by atoms with Gasteiger partial charge >= 0.3 is 0 Å². The number of rotatable bonds is 7. The van der Waals surface area contributed by atoms with E-state index in [1.54, 1.807) is 0 Å². The molecule has 2 nitrogen and oxygen atoms in total. The minimum Gasteiger partial charge on any atom is -0.492 e. The van der Waals surface area contributed by atoms with Gasteiger partial charge in [-0.05, 0) is 42.4 Å². The highest BCUT2D eigenvalue weighted by molar-refractivity contribution is 6.32. The maximum atomic E-state index is 6.38. The zero-order valence-electron chi connectivity index (χ0n) is 12.5. The van der Waals surface area contributed by atoms with Gasteiger partial charge in [0.15, 0.2) is 0 Å². The Balaban J connectivity index is 3.06. The molecule has 1 unspecified atom stereocenters. The lowest BCUT2D eigenvalue weighted by Gasteiger charge is -2.18. The highest BCUT2D eigenvalue weighted by Gasteiger charge is 2.15. The number of hydrogen-bond acceptors (Lipinski definition) is 2. The summed E-state index contributed by atoms with van der Waals surface area (Å²) < 4.78 is 5.80. The first-order valence-electron chi connectivity index (χ1n) is 7.20. The second kappa shape index (κ2) is 7.76. The zero-order valence-corrected chi connectivity index (χ0v) is 13.3. The minimum atomic E-state index is 0.193. The maximum Gasteiger partial charge on any atom is 0.141 e. The molecule has 108 valence electrons. The normalized spacial score (nSPS) is 12.8. The number of hydrogen-bond donors (Lipinski definition) is 1. The molecule has 0 bridgehead atoms. The van der Waals surface area contributed by atoms with Crippen LogP contribution in [-0.4, -0.2) is 12.6 Å². The molecular formula is C16H26ClNO. The van der Waals surface area contributed by atoms with Crippen LogP contribution in [0.3, 0.4) is 0 Å². The van der Waals surface area contributed by atoms with Crippen LogP contribution in [0, 0.1) is 0 Å². The number of ether oxygens (including phenoxy) is 1. The summed E-state index contributed by atoms with van der Waals surface area (Å²) in [4.78, 5) is 0. The third kappa shape index (κ3) is 4.70. The van der Waals surface area contributed by atoms with Gasteiger partial charge in [0.25, 0.3) is 0 Å². The summed E-state index contributed by atoms with van der Waals surface area (Å²) in [5, 5.41) is 0.706. The lowest BCUT2D eigenvalue weighted by atomic mass is 9.96. The number of halogens is 1. The maximum absolute atomic E-state index is 6.38. The van der Waals surface area contributed by atoms with Gasteiger partial charge in [-0.25, -0.2) is 0 Å². The molecule has 1 aromatic carbocycles. The van der Waals surface area contributed by atoms with Crippen molar-refractivity contribution in [3.8, 4) is 5.75 Å². The largest absolute Gasteiger partial charge is 0.492 e. The molecular weight excluding hydrogens is 258 g/mol. The molecule has 0 saturated heterocycles. The van der Waals surface area contributed by atoms with Gasteiger partial charge in [-0.1, -0.05) is 45.4 Å². The fraction of sp³-hybridized carbons (Fsp3) is 0.625. The van der Waals surface area contributed by atoms with Gasteiger partial charge in [-0.2, -0.15) is 0 Å². The van der Waals surface area contributed by atoms with E-state index in [1.807, 2.05) is 6.07 Å². The topological polar surface area (TPSA) is 35.2 Å². The SMILES string of the molecule is CCCOc1c(Cl)cc(CC(N)CC)cc1C(C)C. The summed E-state index contributed by atoms with van der Waals surface area (Å²) >= 11 is 6.38. The number of benzene rings is 1. The van der Waals surface area contributed by atoms with E-state index in [9.17, 15) is 0 Å². The fourth-order valence-corrected chi connectivity index (χ4v) is 2.33. The standard InChI is InChI=1S/C16H26ClNO/c1-5-7-19-16-14(11(3)4)9-12(10-15(16)17)8-13(18)6-2/h9-11,13H,5-8,18H2,1-4H3. The summed E-state index contributed by atoms with van der Waals surface area (Å²) in [5.74, 6) is 1.23. The highest BCUT2D eigenvalue weighted by atomic mass is 35.5. The lowest BCUT2D eigenvalue weighted by Crippen LogP contribution is -2.21. The third-order valence-corrected chi connectivity index (χ3v) is 3.51. The van der Waals surface area contributed by atoms with Gasteiger partial charge in [0.1, 0.15) is 5.75 Å². The molecule has 0 aliphatic rings. The van der Waals surface area contributed by atoms with Gasteiger partial charge < -0.3 is 10.5 Å². The van der Waals surface area contributed by atoms with E-state index in [2.05, 4.69) is 33.8 Å². The Labute approximate surface area is 122 Å². The van der Waals surface area contributed by atoms with Crippen LogP contribution in [0.25, 0.3) is 0 Å². The first-order chi connectivity index (χ1) is 8.99. The molecule has 0 aliphatic carbocycles. The van der Waals surface area contributed by atoms with Gasteiger partial charge in [0.2, 0.25) is 0 Å². The second-order valence-electron chi connectivity index (χ2n) is 5.37. The molecule has 1 aromatic rings. The monoisotopic (exact) mass is 283 g/mol. The van der Waals surface area contributed by atoms with Crippen molar-refractivity contribution in [2.75, 3.05) is 6.61 Å². The van der Waals surface area contributed by atoms with Crippen molar-refractivity contribution >= 4 is 11.6 Å². The molecule has 0 heterocycles. The molecule has 19 heavy (non-hydrogen) atoms. The Morgan fingerprint density at radius 3 is 2.47 bits per heavy atom. The number of nitrogens with two attached hydrogens (primary N) is 1. The van der Waals surface area contributed by atoms with E-state index in [0.717, 1.165) is 25.0 Å². The average Bonchev–Trinajstić information content (AvgIpc) is 2.36. The summed E-state index contributed by atoms with van der Waals surface area (Å²) in [5.41, 5.74) is 8.41. The van der Waals surface area contributed by atoms with Crippen LogP contribution in [0.1, 0.15) is 57.6 Å². The lowest BCUT2D eigenvalue weighted by molar-refractivity contribution is 0.313. The van der Waals surface area contributed by atoms with Crippen LogP contribution in [0.15, 0.2) is 12.1 Å². The summed E-state index contributed by atoms with van der Waals surface area (Å²) in [6.45, 7) is 9.22. The highest BCUT2D eigenvalue weighted by Crippen LogP contribution is 2.35. The molecule has 0 aromatic heterocycles. The minimum absolute atomic E-state index is 0.193. The smallest absolute Gasteiger partial charge is 0.141 e. The van der Waals surface area contributed by atoms with Gasteiger partial charge in [0, 0.05) is 6.04 Å². The van der Waals surface area contributed by atoms with Crippen molar-refractivity contribution in [2.24, 2.45) is 5.73 Å². The third-order valence-electron chi connectivity index (χ3n) is 3.23. The van der Waals surface area contributed by atoms with E-state index in [0.29, 0.717) is 17.5 Å². The summed E-state index contributed by atoms with van der Waals surface area (Å²) in [6.07, 6.45) is 2.82. The molecule has 0 amide bonds. The quantitative estimate of drug-likeness (QED) is 0.798. The van der Waals surface area contributed by atoms with Gasteiger partial charge in [-0.3, -0.25) is 0 Å². The van der Waals surface area contributed by atoms with Crippen molar-refractivity contribution in [3.05, 3.63) is 28.3 Å². The molecule has 0 aliphatic heterocycles. The van der Waals surface area contributed by atoms with Crippen LogP contribution in [0.4, 0.5) is 0 Å². The van der Waals surface area contributed by atoms with Gasteiger partial charge in [0.05, 0.1) is 11.6 Å². The van der Waals surface area contributed by atoms with E-state index >= 15 is 0 Å². The molecule has 0 fully saturated rings. The second-order valence-corrected chi connectivity index (χ2v) is 5.78. The molecule has 0 saturated carbocycles. The van der Waals surface area contributed by atoms with Crippen LogP contribution in [-0.2, 0) is 6.42 Å². The molecule has 2 N–H and O–H groups in total. The van der Waals surface area contributed by atoms with Crippen molar-refractivity contribution in [1.82, 2.24) is 0 Å². The first kappa shape index (κ1) is 16.3. The summed E-state index contributed by atoms with van der Waals surface area (Å²) in [7, 11) is 0. The fourth-order valence-electron chi connectivity index (χ4n) is 2.02.